The molecular weight excluding hydrogens is 290 g/mol. The van der Waals surface area contributed by atoms with E-state index >= 15 is 0 Å². The maximum atomic E-state index is 4.73. The predicted molar refractivity (Wildman–Crippen MR) is 79.1 cm³/mol. The van der Waals surface area contributed by atoms with E-state index in [-0.39, 0.29) is 0 Å². The van der Waals surface area contributed by atoms with Gasteiger partial charge in [-0.15, -0.1) is 0 Å². The maximum absolute atomic E-state index is 4.73. The van der Waals surface area contributed by atoms with Gasteiger partial charge in [-0.1, -0.05) is 29.8 Å². The highest BCUT2D eigenvalue weighted by molar-refractivity contribution is 9.09. The third-order valence-electron chi connectivity index (χ3n) is 3.88. The predicted octanol–water partition coefficient (Wildman–Crippen LogP) is 3.60. The highest BCUT2D eigenvalue weighted by atomic mass is 79.9. The Labute approximate surface area is 119 Å². The zero-order valence-corrected chi connectivity index (χ0v) is 13.1. The summed E-state index contributed by atoms with van der Waals surface area (Å²) < 4.78 is 2.15. The van der Waals surface area contributed by atoms with E-state index in [0.717, 1.165) is 24.2 Å². The van der Waals surface area contributed by atoms with Crippen LogP contribution in [0.15, 0.2) is 12.3 Å². The van der Waals surface area contributed by atoms with Crippen molar-refractivity contribution in [2.24, 2.45) is 0 Å². The Balaban J connectivity index is 1.90. The topological polar surface area (TPSA) is 21.1 Å². The first kappa shape index (κ1) is 14.1. The third-order valence-corrected chi connectivity index (χ3v) is 4.80. The van der Waals surface area contributed by atoms with Crippen LogP contribution in [-0.4, -0.2) is 32.6 Å². The van der Waals surface area contributed by atoms with Gasteiger partial charge in [-0.3, -0.25) is 9.58 Å². The van der Waals surface area contributed by atoms with E-state index in [9.17, 15) is 0 Å². The molecule has 2 heterocycles. The average Bonchev–Trinajstić information content (AvgIpc) is 2.82. The number of aromatic nitrogens is 2. The molecule has 0 aliphatic carbocycles. The van der Waals surface area contributed by atoms with Crippen LogP contribution >= 0.6 is 15.9 Å². The molecule has 1 fully saturated rings. The van der Waals surface area contributed by atoms with Gasteiger partial charge in [0, 0.05) is 17.6 Å². The molecule has 0 N–H and O–H groups in total. The lowest BCUT2D eigenvalue weighted by Gasteiger charge is -2.28. The van der Waals surface area contributed by atoms with Crippen LogP contribution in [0.25, 0.3) is 0 Å². The van der Waals surface area contributed by atoms with Crippen molar-refractivity contribution in [3.8, 4) is 0 Å². The molecule has 0 spiro atoms. The molecule has 1 aromatic rings. The molecule has 0 radical (unpaired) electrons. The van der Waals surface area contributed by atoms with Gasteiger partial charge < -0.3 is 0 Å². The first-order chi connectivity index (χ1) is 8.72. The smallest absolute Gasteiger partial charge is 0.0764 e. The summed E-state index contributed by atoms with van der Waals surface area (Å²) in [6.45, 7) is 7.85. The van der Waals surface area contributed by atoms with Gasteiger partial charge >= 0.3 is 0 Å². The van der Waals surface area contributed by atoms with Gasteiger partial charge in [0.25, 0.3) is 0 Å². The average molecular weight is 314 g/mol. The highest BCUT2D eigenvalue weighted by Gasteiger charge is 2.17. The van der Waals surface area contributed by atoms with Gasteiger partial charge in [0.1, 0.15) is 0 Å². The van der Waals surface area contributed by atoms with E-state index < -0.39 is 0 Å². The van der Waals surface area contributed by atoms with Crippen LogP contribution in [0, 0.1) is 0 Å². The van der Waals surface area contributed by atoms with Gasteiger partial charge in [0.15, 0.2) is 0 Å². The van der Waals surface area contributed by atoms with E-state index in [2.05, 4.69) is 51.6 Å². The van der Waals surface area contributed by atoms with Crippen LogP contribution < -0.4 is 0 Å². The van der Waals surface area contributed by atoms with Crippen molar-refractivity contribution in [2.75, 3.05) is 13.1 Å². The largest absolute Gasteiger partial charge is 0.297 e. The Morgan fingerprint density at radius 3 is 2.61 bits per heavy atom. The van der Waals surface area contributed by atoms with Crippen LogP contribution in [0.2, 0.25) is 0 Å². The third kappa shape index (κ3) is 3.58. The van der Waals surface area contributed by atoms with Crippen molar-refractivity contribution in [1.82, 2.24) is 14.7 Å². The number of halogens is 1. The molecule has 18 heavy (non-hydrogen) atoms. The second-order valence-electron chi connectivity index (χ2n) is 5.21. The first-order valence-electron chi connectivity index (χ1n) is 7.13. The number of rotatable bonds is 5. The maximum Gasteiger partial charge on any atom is 0.0764 e. The van der Waals surface area contributed by atoms with E-state index in [0.29, 0.717) is 6.04 Å². The second-order valence-corrected chi connectivity index (χ2v) is 6.50. The molecule has 0 amide bonds. The zero-order chi connectivity index (χ0) is 13.0. The molecule has 1 aromatic heterocycles. The van der Waals surface area contributed by atoms with Crippen molar-refractivity contribution < 1.29 is 0 Å². The standard InChI is InChI=1S/C14H24BrN3/c1-3-14(4-2)18-10-7-13(16-18)11-17-8-5-12(15)6-9-17/h7,10,12,14H,3-6,8-9,11H2,1-2H3. The molecule has 4 heteroatoms. The zero-order valence-electron chi connectivity index (χ0n) is 11.5. The quantitative estimate of drug-likeness (QED) is 0.774. The fourth-order valence-electron chi connectivity index (χ4n) is 2.62. The lowest BCUT2D eigenvalue weighted by molar-refractivity contribution is 0.222. The number of alkyl halides is 1. The Bertz CT molecular complexity index is 352. The molecule has 2 rings (SSSR count). The lowest BCUT2D eigenvalue weighted by Crippen LogP contribution is -2.33. The van der Waals surface area contributed by atoms with Crippen molar-refractivity contribution in [3.63, 3.8) is 0 Å². The summed E-state index contributed by atoms with van der Waals surface area (Å²) in [6.07, 6.45) is 6.98. The molecule has 3 nitrogen and oxygen atoms in total. The van der Waals surface area contributed by atoms with Crippen molar-refractivity contribution in [1.29, 1.82) is 0 Å². The van der Waals surface area contributed by atoms with Crippen LogP contribution in [0.4, 0.5) is 0 Å². The highest BCUT2D eigenvalue weighted by Crippen LogP contribution is 2.19. The second kappa shape index (κ2) is 6.71. The van der Waals surface area contributed by atoms with Crippen molar-refractivity contribution in [2.45, 2.75) is 56.9 Å². The Morgan fingerprint density at radius 2 is 2.00 bits per heavy atom. The summed E-state index contributed by atoms with van der Waals surface area (Å²) in [4.78, 5) is 3.23. The summed E-state index contributed by atoms with van der Waals surface area (Å²) in [6, 6.07) is 2.74. The first-order valence-corrected chi connectivity index (χ1v) is 8.05. The van der Waals surface area contributed by atoms with E-state index in [4.69, 9.17) is 5.10 Å². The molecule has 102 valence electrons. The molecule has 1 saturated heterocycles. The molecule has 1 aliphatic heterocycles. The Morgan fingerprint density at radius 1 is 1.33 bits per heavy atom. The van der Waals surface area contributed by atoms with E-state index in [1.165, 1.54) is 31.6 Å². The lowest BCUT2D eigenvalue weighted by atomic mass is 10.1. The fourth-order valence-corrected chi connectivity index (χ4v) is 3.03. The number of nitrogens with zero attached hydrogens (tertiary/aromatic N) is 3. The summed E-state index contributed by atoms with van der Waals surface area (Å²) >= 11 is 3.70. The molecular formula is C14H24BrN3. The van der Waals surface area contributed by atoms with Gasteiger partial charge in [0.05, 0.1) is 11.7 Å². The monoisotopic (exact) mass is 313 g/mol. The van der Waals surface area contributed by atoms with Crippen LogP contribution in [0.1, 0.15) is 51.3 Å². The molecule has 0 atom stereocenters. The number of hydrogen-bond acceptors (Lipinski definition) is 2. The molecule has 0 bridgehead atoms. The van der Waals surface area contributed by atoms with Crippen molar-refractivity contribution in [3.05, 3.63) is 18.0 Å². The molecule has 0 saturated carbocycles. The minimum absolute atomic E-state index is 0.562. The van der Waals surface area contributed by atoms with E-state index in [1.807, 2.05) is 0 Å². The minimum atomic E-state index is 0.562. The Kier molecular flexibility index (Phi) is 5.25. The van der Waals surface area contributed by atoms with Gasteiger partial charge in [-0.25, -0.2) is 0 Å². The minimum Gasteiger partial charge on any atom is -0.297 e. The summed E-state index contributed by atoms with van der Waals surface area (Å²) in [5.41, 5.74) is 1.22. The summed E-state index contributed by atoms with van der Waals surface area (Å²) in [5, 5.41) is 4.73. The normalized spacial score (nSPS) is 18.7. The van der Waals surface area contributed by atoms with Crippen LogP contribution in [0.5, 0.6) is 0 Å². The SMILES string of the molecule is CCC(CC)n1ccc(CN2CCC(Br)CC2)n1. The Hall–Kier alpha value is -0.350. The summed E-state index contributed by atoms with van der Waals surface area (Å²) in [7, 11) is 0. The number of piperidine rings is 1. The van der Waals surface area contributed by atoms with E-state index in [1.54, 1.807) is 0 Å². The fraction of sp³-hybridized carbons (Fsp3) is 0.786. The van der Waals surface area contributed by atoms with Gasteiger partial charge in [-0.05, 0) is 44.8 Å². The molecule has 1 aliphatic rings. The van der Waals surface area contributed by atoms with Crippen LogP contribution in [-0.2, 0) is 6.54 Å². The number of likely N-dealkylation sites (tertiary alicyclic amines) is 1. The number of hydrogen-bond donors (Lipinski definition) is 0. The summed E-state index contributed by atoms with van der Waals surface area (Å²) in [5.74, 6) is 0. The van der Waals surface area contributed by atoms with Gasteiger partial charge in [0.2, 0.25) is 0 Å². The van der Waals surface area contributed by atoms with Crippen LogP contribution in [0.3, 0.4) is 0 Å². The molecule has 0 unspecified atom stereocenters. The van der Waals surface area contributed by atoms with Crippen molar-refractivity contribution >= 4 is 15.9 Å². The van der Waals surface area contributed by atoms with Gasteiger partial charge in [-0.2, -0.15) is 5.10 Å². The molecule has 0 aromatic carbocycles.